The van der Waals surface area contributed by atoms with Gasteiger partial charge in [-0.05, 0) is 58.0 Å². The van der Waals surface area contributed by atoms with Gasteiger partial charge >= 0.3 is 0 Å². The van der Waals surface area contributed by atoms with Gasteiger partial charge < -0.3 is 15.5 Å². The van der Waals surface area contributed by atoms with E-state index in [-0.39, 0.29) is 12.0 Å². The minimum Gasteiger partial charge on any atom is -0.342 e. The standard InChI is InChI=1S/C15H27N3O/c16-13-4-3-12(11-13)15(19)18-9-5-14(6-10-18)17-7-1-2-8-17/h12-14H,1-11,16H2. The molecule has 2 atom stereocenters. The molecule has 1 aliphatic carbocycles. The molecule has 0 bridgehead atoms. The molecule has 2 N–H and O–H groups in total. The van der Waals surface area contributed by atoms with E-state index in [2.05, 4.69) is 9.80 Å². The summed E-state index contributed by atoms with van der Waals surface area (Å²) in [6, 6.07) is 0.994. The van der Waals surface area contributed by atoms with Crippen LogP contribution in [0.15, 0.2) is 0 Å². The molecule has 4 heteroatoms. The first-order valence-corrected chi connectivity index (χ1v) is 8.02. The molecule has 1 amide bonds. The number of carbonyl (C=O) groups is 1. The second-order valence-corrected chi connectivity index (χ2v) is 6.57. The average Bonchev–Trinajstić information content (AvgIpc) is 3.09. The summed E-state index contributed by atoms with van der Waals surface area (Å²) in [7, 11) is 0. The van der Waals surface area contributed by atoms with Crippen molar-refractivity contribution in [1.82, 2.24) is 9.80 Å². The van der Waals surface area contributed by atoms with E-state index in [1.807, 2.05) is 0 Å². The lowest BCUT2D eigenvalue weighted by atomic mass is 10.00. The van der Waals surface area contributed by atoms with Gasteiger partial charge in [0.1, 0.15) is 0 Å². The molecule has 2 aliphatic heterocycles. The predicted molar refractivity (Wildman–Crippen MR) is 75.7 cm³/mol. The van der Waals surface area contributed by atoms with E-state index < -0.39 is 0 Å². The van der Waals surface area contributed by atoms with Gasteiger partial charge in [-0.15, -0.1) is 0 Å². The topological polar surface area (TPSA) is 49.6 Å². The minimum atomic E-state index is 0.221. The number of nitrogens with zero attached hydrogens (tertiary/aromatic N) is 2. The summed E-state index contributed by atoms with van der Waals surface area (Å²) >= 11 is 0. The Morgan fingerprint density at radius 3 is 2.21 bits per heavy atom. The molecule has 0 spiro atoms. The maximum Gasteiger partial charge on any atom is 0.225 e. The molecule has 19 heavy (non-hydrogen) atoms. The summed E-state index contributed by atoms with van der Waals surface area (Å²) in [6.07, 6.45) is 8.00. The quantitative estimate of drug-likeness (QED) is 0.816. The fourth-order valence-corrected chi connectivity index (χ4v) is 4.06. The van der Waals surface area contributed by atoms with Crippen molar-refractivity contribution in [3.8, 4) is 0 Å². The molecule has 3 fully saturated rings. The van der Waals surface area contributed by atoms with Gasteiger partial charge in [-0.1, -0.05) is 0 Å². The van der Waals surface area contributed by atoms with Crippen LogP contribution in [0.4, 0.5) is 0 Å². The van der Waals surface area contributed by atoms with Crippen LogP contribution in [0.3, 0.4) is 0 Å². The fraction of sp³-hybridized carbons (Fsp3) is 0.933. The molecule has 2 saturated heterocycles. The number of carbonyl (C=O) groups excluding carboxylic acids is 1. The van der Waals surface area contributed by atoms with Crippen molar-refractivity contribution in [2.24, 2.45) is 11.7 Å². The number of rotatable bonds is 2. The molecule has 0 aromatic heterocycles. The summed E-state index contributed by atoms with van der Waals surface area (Å²) in [6.45, 7) is 4.48. The van der Waals surface area contributed by atoms with Gasteiger partial charge in [0.15, 0.2) is 0 Å². The van der Waals surface area contributed by atoms with E-state index in [0.717, 1.165) is 38.4 Å². The zero-order chi connectivity index (χ0) is 13.2. The van der Waals surface area contributed by atoms with E-state index >= 15 is 0 Å². The lowest BCUT2D eigenvalue weighted by Gasteiger charge is -2.37. The second-order valence-electron chi connectivity index (χ2n) is 6.57. The third kappa shape index (κ3) is 2.95. The molecule has 0 radical (unpaired) electrons. The minimum absolute atomic E-state index is 0.221. The van der Waals surface area contributed by atoms with Crippen molar-refractivity contribution < 1.29 is 4.79 Å². The molecule has 0 aromatic carbocycles. The lowest BCUT2D eigenvalue weighted by molar-refractivity contribution is -0.136. The Bertz CT molecular complexity index is 319. The van der Waals surface area contributed by atoms with Crippen LogP contribution in [0.25, 0.3) is 0 Å². The zero-order valence-electron chi connectivity index (χ0n) is 11.9. The van der Waals surface area contributed by atoms with Crippen LogP contribution < -0.4 is 5.73 Å². The first-order chi connectivity index (χ1) is 9.24. The van der Waals surface area contributed by atoms with Gasteiger partial charge in [-0.2, -0.15) is 0 Å². The Kier molecular flexibility index (Phi) is 4.08. The summed E-state index contributed by atoms with van der Waals surface area (Å²) < 4.78 is 0. The van der Waals surface area contributed by atoms with Gasteiger partial charge in [0.05, 0.1) is 0 Å². The van der Waals surface area contributed by atoms with Crippen molar-refractivity contribution in [1.29, 1.82) is 0 Å². The smallest absolute Gasteiger partial charge is 0.225 e. The van der Waals surface area contributed by atoms with E-state index in [9.17, 15) is 4.79 Å². The molecule has 1 saturated carbocycles. The summed E-state index contributed by atoms with van der Waals surface area (Å²) in [4.78, 5) is 17.2. The third-order valence-electron chi connectivity index (χ3n) is 5.26. The van der Waals surface area contributed by atoms with Gasteiger partial charge in [-0.3, -0.25) is 4.79 Å². The Labute approximate surface area is 116 Å². The normalized spacial score (nSPS) is 34.1. The highest BCUT2D eigenvalue weighted by Crippen LogP contribution is 2.28. The summed E-state index contributed by atoms with van der Waals surface area (Å²) in [5.74, 6) is 0.603. The van der Waals surface area contributed by atoms with Crippen LogP contribution in [0.5, 0.6) is 0 Å². The van der Waals surface area contributed by atoms with E-state index in [0.29, 0.717) is 5.91 Å². The Hall–Kier alpha value is -0.610. The fourth-order valence-electron chi connectivity index (χ4n) is 4.06. The number of hydrogen-bond acceptors (Lipinski definition) is 3. The van der Waals surface area contributed by atoms with Crippen molar-refractivity contribution in [3.05, 3.63) is 0 Å². The van der Waals surface area contributed by atoms with Crippen LogP contribution in [-0.4, -0.2) is 54.0 Å². The first kappa shape index (κ1) is 13.4. The molecule has 2 unspecified atom stereocenters. The monoisotopic (exact) mass is 265 g/mol. The molecule has 3 rings (SSSR count). The Balaban J connectivity index is 1.48. The summed E-state index contributed by atoms with van der Waals surface area (Å²) in [5.41, 5.74) is 5.92. The third-order valence-corrected chi connectivity index (χ3v) is 5.26. The number of piperidine rings is 1. The molecule has 3 aliphatic rings. The van der Waals surface area contributed by atoms with E-state index in [1.165, 1.54) is 38.8 Å². The average molecular weight is 265 g/mol. The highest BCUT2D eigenvalue weighted by molar-refractivity contribution is 5.79. The maximum atomic E-state index is 12.4. The van der Waals surface area contributed by atoms with Crippen molar-refractivity contribution in [2.45, 2.75) is 57.0 Å². The SMILES string of the molecule is NC1CCC(C(=O)N2CCC(N3CCCC3)CC2)C1. The number of nitrogens with two attached hydrogens (primary N) is 1. The van der Waals surface area contributed by atoms with Crippen LogP contribution >= 0.6 is 0 Å². The van der Waals surface area contributed by atoms with Crippen molar-refractivity contribution in [2.75, 3.05) is 26.2 Å². The largest absolute Gasteiger partial charge is 0.342 e. The molecular weight excluding hydrogens is 238 g/mol. The van der Waals surface area contributed by atoms with Crippen LogP contribution in [-0.2, 0) is 4.79 Å². The molecule has 0 aromatic rings. The van der Waals surface area contributed by atoms with E-state index in [4.69, 9.17) is 5.73 Å². The van der Waals surface area contributed by atoms with Gasteiger partial charge in [0, 0.05) is 31.1 Å². The lowest BCUT2D eigenvalue weighted by Crippen LogP contribution is -2.47. The molecule has 2 heterocycles. The molecule has 4 nitrogen and oxygen atoms in total. The Morgan fingerprint density at radius 2 is 1.63 bits per heavy atom. The summed E-state index contributed by atoms with van der Waals surface area (Å²) in [5, 5.41) is 0. The molecule has 108 valence electrons. The van der Waals surface area contributed by atoms with Crippen LogP contribution in [0, 0.1) is 5.92 Å². The van der Waals surface area contributed by atoms with Crippen LogP contribution in [0.1, 0.15) is 44.9 Å². The predicted octanol–water partition coefficient (Wildman–Crippen LogP) is 1.20. The highest BCUT2D eigenvalue weighted by Gasteiger charge is 2.34. The zero-order valence-corrected chi connectivity index (χ0v) is 11.9. The maximum absolute atomic E-state index is 12.4. The Morgan fingerprint density at radius 1 is 0.947 bits per heavy atom. The van der Waals surface area contributed by atoms with Crippen molar-refractivity contribution >= 4 is 5.91 Å². The van der Waals surface area contributed by atoms with Gasteiger partial charge in [0.25, 0.3) is 0 Å². The number of likely N-dealkylation sites (tertiary alicyclic amines) is 2. The van der Waals surface area contributed by atoms with Gasteiger partial charge in [-0.25, -0.2) is 0 Å². The first-order valence-electron chi connectivity index (χ1n) is 8.02. The van der Waals surface area contributed by atoms with Crippen molar-refractivity contribution in [3.63, 3.8) is 0 Å². The molecular formula is C15H27N3O. The van der Waals surface area contributed by atoms with Crippen LogP contribution in [0.2, 0.25) is 0 Å². The van der Waals surface area contributed by atoms with E-state index in [1.54, 1.807) is 0 Å². The highest BCUT2D eigenvalue weighted by atomic mass is 16.2. The van der Waals surface area contributed by atoms with Gasteiger partial charge in [0.2, 0.25) is 5.91 Å². The second kappa shape index (κ2) is 5.80. The number of hydrogen-bond donors (Lipinski definition) is 1. The number of amides is 1.